The molecule has 1 heterocycles. The first-order valence-corrected chi connectivity index (χ1v) is 7.61. The number of carbonyl (C=O) groups is 2. The highest BCUT2D eigenvalue weighted by molar-refractivity contribution is 6.31. The number of nitrogens with zero attached hydrogens (tertiary/aromatic N) is 1. The van der Waals surface area contributed by atoms with Gasteiger partial charge in [-0.15, -0.1) is 0 Å². The lowest BCUT2D eigenvalue weighted by atomic mass is 9.88. The van der Waals surface area contributed by atoms with Crippen molar-refractivity contribution in [3.63, 3.8) is 0 Å². The number of hydrogen-bond acceptors (Lipinski definition) is 2. The molecule has 1 aliphatic rings. The molecule has 0 spiro atoms. The molecule has 1 aliphatic heterocycles. The van der Waals surface area contributed by atoms with Gasteiger partial charge in [0.05, 0.1) is 0 Å². The van der Waals surface area contributed by atoms with Gasteiger partial charge in [-0.3, -0.25) is 4.79 Å². The summed E-state index contributed by atoms with van der Waals surface area (Å²) in [5.74, 6) is -0.797. The third-order valence-electron chi connectivity index (χ3n) is 4.26. The minimum Gasteiger partial charge on any atom is -0.480 e. The number of hydrogen-bond donors (Lipinski definition) is 1. The van der Waals surface area contributed by atoms with E-state index in [2.05, 4.69) is 6.92 Å². The molecule has 0 aliphatic carbocycles. The minimum atomic E-state index is -0.929. The van der Waals surface area contributed by atoms with Crippen molar-refractivity contribution in [1.82, 2.24) is 4.90 Å². The highest BCUT2D eigenvalue weighted by Crippen LogP contribution is 2.28. The van der Waals surface area contributed by atoms with Gasteiger partial charge in [0.15, 0.2) is 0 Å². The van der Waals surface area contributed by atoms with E-state index >= 15 is 0 Å². The SMILES string of the molecule is CCC1CCN(C(=O)c2cc(Cl)ccc2C)C(C(=O)O)C1. The van der Waals surface area contributed by atoms with Crippen molar-refractivity contribution in [1.29, 1.82) is 0 Å². The Morgan fingerprint density at radius 2 is 2.14 bits per heavy atom. The molecule has 21 heavy (non-hydrogen) atoms. The summed E-state index contributed by atoms with van der Waals surface area (Å²) in [6.45, 7) is 4.38. The second-order valence-electron chi connectivity index (χ2n) is 5.61. The number of likely N-dealkylation sites (tertiary alicyclic amines) is 1. The number of aryl methyl sites for hydroxylation is 1. The highest BCUT2D eigenvalue weighted by Gasteiger charge is 2.36. The monoisotopic (exact) mass is 309 g/mol. The molecule has 2 atom stereocenters. The Balaban J connectivity index is 2.28. The van der Waals surface area contributed by atoms with Gasteiger partial charge in [0.25, 0.3) is 5.91 Å². The van der Waals surface area contributed by atoms with Crippen LogP contribution in [0.15, 0.2) is 18.2 Å². The van der Waals surface area contributed by atoms with Crippen LogP contribution in [0, 0.1) is 12.8 Å². The molecule has 0 aromatic heterocycles. The summed E-state index contributed by atoms with van der Waals surface area (Å²) in [5.41, 5.74) is 1.30. The number of carboxylic acid groups (broad SMARTS) is 1. The highest BCUT2D eigenvalue weighted by atomic mass is 35.5. The van der Waals surface area contributed by atoms with Gasteiger partial charge in [0.1, 0.15) is 6.04 Å². The van der Waals surface area contributed by atoms with Crippen molar-refractivity contribution in [2.45, 2.75) is 39.2 Å². The van der Waals surface area contributed by atoms with Gasteiger partial charge >= 0.3 is 5.97 Å². The number of carboxylic acids is 1. The lowest BCUT2D eigenvalue weighted by Gasteiger charge is -2.37. The van der Waals surface area contributed by atoms with Crippen LogP contribution in [0.25, 0.3) is 0 Å². The van der Waals surface area contributed by atoms with Gasteiger partial charge in [-0.2, -0.15) is 0 Å². The Labute approximate surface area is 129 Å². The van der Waals surface area contributed by atoms with Gasteiger partial charge in [-0.25, -0.2) is 4.79 Å². The zero-order valence-corrected chi connectivity index (χ0v) is 13.1. The molecule has 1 saturated heterocycles. The van der Waals surface area contributed by atoms with Crippen LogP contribution in [0.3, 0.4) is 0 Å². The van der Waals surface area contributed by atoms with Crippen molar-refractivity contribution in [2.75, 3.05) is 6.54 Å². The molecule has 1 aromatic carbocycles. The molecule has 1 aromatic rings. The van der Waals surface area contributed by atoms with Crippen LogP contribution in [0.4, 0.5) is 0 Å². The summed E-state index contributed by atoms with van der Waals surface area (Å²) in [6, 6.07) is 4.38. The maximum atomic E-state index is 12.7. The smallest absolute Gasteiger partial charge is 0.326 e. The third-order valence-corrected chi connectivity index (χ3v) is 4.50. The second kappa shape index (κ2) is 6.48. The number of amides is 1. The van der Waals surface area contributed by atoms with Crippen LogP contribution in [0.2, 0.25) is 5.02 Å². The summed E-state index contributed by atoms with van der Waals surface area (Å²) >= 11 is 5.96. The standard InChI is InChI=1S/C16H20ClNO3/c1-3-11-6-7-18(14(8-11)16(20)21)15(19)13-9-12(17)5-4-10(13)2/h4-5,9,11,14H,3,6-8H2,1-2H3,(H,20,21). The molecule has 4 nitrogen and oxygen atoms in total. The number of halogens is 1. The summed E-state index contributed by atoms with van der Waals surface area (Å²) in [6.07, 6.45) is 2.32. The summed E-state index contributed by atoms with van der Waals surface area (Å²) in [4.78, 5) is 25.7. The average Bonchev–Trinajstić information content (AvgIpc) is 2.48. The van der Waals surface area contributed by atoms with Crippen LogP contribution in [0.1, 0.15) is 42.1 Å². The fraction of sp³-hybridized carbons (Fsp3) is 0.500. The number of piperidine rings is 1. The van der Waals surface area contributed by atoms with E-state index in [1.807, 2.05) is 6.92 Å². The number of benzene rings is 1. The maximum absolute atomic E-state index is 12.7. The largest absolute Gasteiger partial charge is 0.480 e. The first-order chi connectivity index (χ1) is 9.93. The van der Waals surface area contributed by atoms with E-state index in [4.69, 9.17) is 11.6 Å². The molecule has 1 N–H and O–H groups in total. The molecular weight excluding hydrogens is 290 g/mol. The van der Waals surface area contributed by atoms with E-state index in [0.29, 0.717) is 29.5 Å². The zero-order valence-electron chi connectivity index (χ0n) is 12.3. The molecule has 2 unspecified atom stereocenters. The molecule has 114 valence electrons. The number of carbonyl (C=O) groups excluding carboxylic acids is 1. The molecule has 2 rings (SSSR count). The van der Waals surface area contributed by atoms with E-state index < -0.39 is 12.0 Å². The van der Waals surface area contributed by atoms with Crippen LogP contribution in [-0.4, -0.2) is 34.5 Å². The quantitative estimate of drug-likeness (QED) is 0.931. The van der Waals surface area contributed by atoms with Crippen LogP contribution < -0.4 is 0 Å². The molecule has 0 bridgehead atoms. The van der Waals surface area contributed by atoms with Gasteiger partial charge in [-0.05, 0) is 43.4 Å². The van der Waals surface area contributed by atoms with E-state index in [1.54, 1.807) is 18.2 Å². The van der Waals surface area contributed by atoms with Crippen molar-refractivity contribution in [3.8, 4) is 0 Å². The van der Waals surface area contributed by atoms with Crippen LogP contribution in [0.5, 0.6) is 0 Å². The third kappa shape index (κ3) is 3.38. The van der Waals surface area contributed by atoms with Gasteiger partial charge < -0.3 is 10.0 Å². The molecular formula is C16H20ClNO3. The van der Waals surface area contributed by atoms with Crippen molar-refractivity contribution >= 4 is 23.5 Å². The second-order valence-corrected chi connectivity index (χ2v) is 6.05. The van der Waals surface area contributed by atoms with E-state index in [9.17, 15) is 14.7 Å². The predicted octanol–water partition coefficient (Wildman–Crippen LogP) is 3.36. The summed E-state index contributed by atoms with van der Waals surface area (Å²) in [5, 5.41) is 9.91. The summed E-state index contributed by atoms with van der Waals surface area (Å²) < 4.78 is 0. The van der Waals surface area contributed by atoms with Gasteiger partial charge in [-0.1, -0.05) is 31.0 Å². The zero-order chi connectivity index (χ0) is 15.6. The molecule has 1 amide bonds. The molecule has 1 fully saturated rings. The lowest BCUT2D eigenvalue weighted by Crippen LogP contribution is -2.50. The predicted molar refractivity (Wildman–Crippen MR) is 81.7 cm³/mol. The lowest BCUT2D eigenvalue weighted by molar-refractivity contribution is -0.144. The van der Waals surface area contributed by atoms with E-state index in [0.717, 1.165) is 18.4 Å². The Morgan fingerprint density at radius 3 is 2.76 bits per heavy atom. The van der Waals surface area contributed by atoms with E-state index in [1.165, 1.54) is 4.90 Å². The van der Waals surface area contributed by atoms with E-state index in [-0.39, 0.29) is 5.91 Å². The molecule has 5 heteroatoms. The minimum absolute atomic E-state index is 0.239. The maximum Gasteiger partial charge on any atom is 0.326 e. The Bertz CT molecular complexity index is 558. The normalized spacial score (nSPS) is 22.1. The number of rotatable bonds is 3. The molecule has 0 saturated carbocycles. The number of aliphatic carboxylic acids is 1. The van der Waals surface area contributed by atoms with Crippen molar-refractivity contribution in [2.24, 2.45) is 5.92 Å². The van der Waals surface area contributed by atoms with Crippen LogP contribution >= 0.6 is 11.6 Å². The van der Waals surface area contributed by atoms with Crippen LogP contribution in [-0.2, 0) is 4.79 Å². The van der Waals surface area contributed by atoms with Gasteiger partial charge in [0, 0.05) is 17.1 Å². The summed E-state index contributed by atoms with van der Waals surface area (Å²) in [7, 11) is 0. The van der Waals surface area contributed by atoms with Crippen molar-refractivity contribution < 1.29 is 14.7 Å². The molecule has 0 radical (unpaired) electrons. The van der Waals surface area contributed by atoms with Crippen molar-refractivity contribution in [3.05, 3.63) is 34.3 Å². The van der Waals surface area contributed by atoms with Gasteiger partial charge in [0.2, 0.25) is 0 Å². The first-order valence-electron chi connectivity index (χ1n) is 7.24. The Hall–Kier alpha value is -1.55. The fourth-order valence-corrected chi connectivity index (χ4v) is 3.04. The average molecular weight is 310 g/mol. The fourth-order valence-electron chi connectivity index (χ4n) is 2.87. The Morgan fingerprint density at radius 1 is 1.43 bits per heavy atom. The Kier molecular flexibility index (Phi) is 4.88. The topological polar surface area (TPSA) is 57.6 Å². The first kappa shape index (κ1) is 15.8.